The molecule has 0 atom stereocenters. The van der Waals surface area contributed by atoms with E-state index in [1.807, 2.05) is 0 Å². The van der Waals surface area contributed by atoms with Crippen LogP contribution in [-0.4, -0.2) is 5.78 Å². The average molecular weight is 219 g/mol. The van der Waals surface area contributed by atoms with Crippen molar-refractivity contribution < 1.29 is 13.6 Å². The Labute approximate surface area is 85.7 Å². The summed E-state index contributed by atoms with van der Waals surface area (Å²) >= 11 is 5.62. The number of carbonyl (C=O) groups excluding carboxylic acids is 1. The Hall–Kier alpha value is -0.960. The normalized spacial score (nSPS) is 10.7. The summed E-state index contributed by atoms with van der Waals surface area (Å²) in [7, 11) is 0. The quantitative estimate of drug-likeness (QED) is 0.691. The average Bonchev–Trinajstić information content (AvgIpc) is 2.07. The third kappa shape index (κ3) is 2.10. The highest BCUT2D eigenvalue weighted by Crippen LogP contribution is 2.28. The van der Waals surface area contributed by atoms with Gasteiger partial charge in [-0.1, -0.05) is 11.6 Å². The molecule has 0 aliphatic heterocycles. The van der Waals surface area contributed by atoms with Gasteiger partial charge in [-0.3, -0.25) is 4.79 Å². The zero-order chi connectivity index (χ0) is 10.9. The smallest absolute Gasteiger partial charge is 0.264 e. The van der Waals surface area contributed by atoms with Gasteiger partial charge in [0, 0.05) is 16.1 Å². The van der Waals surface area contributed by atoms with E-state index in [0.29, 0.717) is 5.56 Å². The number of hydrogen-bond donors (Lipinski definition) is 0. The monoisotopic (exact) mass is 218 g/mol. The molecule has 0 aromatic heterocycles. The molecule has 1 aromatic carbocycles. The lowest BCUT2D eigenvalue weighted by molar-refractivity contribution is 0.101. The minimum absolute atomic E-state index is 0.163. The van der Waals surface area contributed by atoms with E-state index in [2.05, 4.69) is 0 Å². The second-order valence-corrected chi connectivity index (χ2v) is 3.46. The minimum atomic E-state index is -2.60. The number of halogens is 3. The van der Waals surface area contributed by atoms with E-state index in [1.54, 1.807) is 0 Å². The summed E-state index contributed by atoms with van der Waals surface area (Å²) in [5.74, 6) is -0.257. The summed E-state index contributed by atoms with van der Waals surface area (Å²) in [5.41, 5.74) is 0.382. The van der Waals surface area contributed by atoms with Gasteiger partial charge in [0.05, 0.1) is 0 Å². The molecule has 0 aliphatic carbocycles. The first-order chi connectivity index (χ1) is 6.43. The van der Waals surface area contributed by atoms with Crippen molar-refractivity contribution in [3.63, 3.8) is 0 Å². The first-order valence-electron chi connectivity index (χ1n) is 4.02. The van der Waals surface area contributed by atoms with E-state index in [-0.39, 0.29) is 21.9 Å². The van der Waals surface area contributed by atoms with Crippen LogP contribution in [0.15, 0.2) is 12.1 Å². The fraction of sp³-hybridized carbons (Fsp3) is 0.300. The van der Waals surface area contributed by atoms with Gasteiger partial charge < -0.3 is 0 Å². The second-order valence-electron chi connectivity index (χ2n) is 3.02. The van der Waals surface area contributed by atoms with Gasteiger partial charge in [0.25, 0.3) is 6.43 Å². The fourth-order valence-corrected chi connectivity index (χ4v) is 1.52. The molecule has 76 valence electrons. The molecule has 0 unspecified atom stereocenters. The van der Waals surface area contributed by atoms with Crippen molar-refractivity contribution in [2.45, 2.75) is 20.3 Å². The van der Waals surface area contributed by atoms with Gasteiger partial charge in [0.1, 0.15) is 0 Å². The summed E-state index contributed by atoms with van der Waals surface area (Å²) in [6, 6.07) is 2.60. The number of benzene rings is 1. The van der Waals surface area contributed by atoms with Crippen LogP contribution in [-0.2, 0) is 0 Å². The van der Waals surface area contributed by atoms with Crippen molar-refractivity contribution in [1.82, 2.24) is 0 Å². The standard InChI is InChI=1S/C10H9ClF2O/c1-5-8(6(2)14)3-7(11)4-9(5)10(12)13/h3-4,10H,1-2H3. The first-order valence-corrected chi connectivity index (χ1v) is 4.40. The van der Waals surface area contributed by atoms with Gasteiger partial charge in [0.15, 0.2) is 5.78 Å². The molecule has 0 radical (unpaired) electrons. The molecule has 0 amide bonds. The molecular weight excluding hydrogens is 210 g/mol. The van der Waals surface area contributed by atoms with E-state index in [0.717, 1.165) is 0 Å². The predicted octanol–water partition coefficient (Wildman–Crippen LogP) is 3.79. The molecule has 0 spiro atoms. The Bertz CT molecular complexity index is 375. The van der Waals surface area contributed by atoms with Crippen LogP contribution >= 0.6 is 11.6 Å². The molecule has 0 bridgehead atoms. The number of rotatable bonds is 2. The Morgan fingerprint density at radius 3 is 2.43 bits per heavy atom. The lowest BCUT2D eigenvalue weighted by Gasteiger charge is -2.09. The van der Waals surface area contributed by atoms with Crippen LogP contribution in [0.1, 0.15) is 34.8 Å². The van der Waals surface area contributed by atoms with Crippen molar-refractivity contribution in [3.05, 3.63) is 33.8 Å². The third-order valence-corrected chi connectivity index (χ3v) is 2.25. The zero-order valence-corrected chi connectivity index (χ0v) is 8.53. The van der Waals surface area contributed by atoms with Crippen LogP contribution in [0.5, 0.6) is 0 Å². The van der Waals surface area contributed by atoms with Crippen LogP contribution in [0.2, 0.25) is 5.02 Å². The van der Waals surface area contributed by atoms with Gasteiger partial charge >= 0.3 is 0 Å². The second kappa shape index (κ2) is 4.05. The van der Waals surface area contributed by atoms with E-state index in [1.165, 1.54) is 26.0 Å². The summed E-state index contributed by atoms with van der Waals surface area (Å²) in [4.78, 5) is 11.1. The van der Waals surface area contributed by atoms with Crippen LogP contribution in [0.3, 0.4) is 0 Å². The highest BCUT2D eigenvalue weighted by atomic mass is 35.5. The zero-order valence-electron chi connectivity index (χ0n) is 7.77. The minimum Gasteiger partial charge on any atom is -0.295 e. The number of alkyl halides is 2. The highest BCUT2D eigenvalue weighted by Gasteiger charge is 2.16. The maximum absolute atomic E-state index is 12.5. The lowest BCUT2D eigenvalue weighted by Crippen LogP contribution is -2.00. The molecule has 0 N–H and O–H groups in total. The maximum Gasteiger partial charge on any atom is 0.264 e. The van der Waals surface area contributed by atoms with Crippen molar-refractivity contribution >= 4 is 17.4 Å². The molecule has 1 aromatic rings. The number of Topliss-reactive ketones (excluding diaryl/α,β-unsaturated/α-hetero) is 1. The van der Waals surface area contributed by atoms with Crippen molar-refractivity contribution in [2.24, 2.45) is 0 Å². The van der Waals surface area contributed by atoms with Gasteiger partial charge in [0.2, 0.25) is 0 Å². The topological polar surface area (TPSA) is 17.1 Å². The van der Waals surface area contributed by atoms with Crippen molar-refractivity contribution in [2.75, 3.05) is 0 Å². The molecule has 0 heterocycles. The molecule has 0 saturated heterocycles. The molecule has 14 heavy (non-hydrogen) atoms. The molecule has 1 nitrogen and oxygen atoms in total. The van der Waals surface area contributed by atoms with Crippen LogP contribution in [0.4, 0.5) is 8.78 Å². The lowest BCUT2D eigenvalue weighted by atomic mass is 10.0. The van der Waals surface area contributed by atoms with E-state index in [9.17, 15) is 13.6 Å². The Balaban J connectivity index is 3.40. The van der Waals surface area contributed by atoms with Crippen LogP contribution in [0.25, 0.3) is 0 Å². The molecule has 0 aliphatic rings. The Kier molecular flexibility index (Phi) is 3.21. The number of hydrogen-bond acceptors (Lipinski definition) is 1. The van der Waals surface area contributed by atoms with E-state index < -0.39 is 6.43 Å². The third-order valence-electron chi connectivity index (χ3n) is 2.03. The van der Waals surface area contributed by atoms with Crippen LogP contribution in [0, 0.1) is 6.92 Å². The van der Waals surface area contributed by atoms with Crippen molar-refractivity contribution in [3.8, 4) is 0 Å². The maximum atomic E-state index is 12.5. The van der Waals surface area contributed by atoms with E-state index >= 15 is 0 Å². The first kappa shape index (κ1) is 11.1. The van der Waals surface area contributed by atoms with Crippen molar-refractivity contribution in [1.29, 1.82) is 0 Å². The molecule has 1 rings (SSSR count). The van der Waals surface area contributed by atoms with Gasteiger partial charge in [-0.25, -0.2) is 8.78 Å². The molecule has 0 fully saturated rings. The van der Waals surface area contributed by atoms with E-state index in [4.69, 9.17) is 11.6 Å². The van der Waals surface area contributed by atoms with Gasteiger partial charge in [-0.05, 0) is 31.5 Å². The summed E-state index contributed by atoms with van der Waals surface area (Å²) in [5, 5.41) is 0.163. The fourth-order valence-electron chi connectivity index (χ4n) is 1.29. The number of ketones is 1. The molecule has 0 saturated carbocycles. The molecular formula is C10H9ClF2O. The van der Waals surface area contributed by atoms with Gasteiger partial charge in [-0.2, -0.15) is 0 Å². The summed E-state index contributed by atoms with van der Waals surface area (Å²) in [6.07, 6.45) is -2.60. The predicted molar refractivity (Wildman–Crippen MR) is 51.2 cm³/mol. The largest absolute Gasteiger partial charge is 0.295 e. The molecule has 4 heteroatoms. The number of carbonyl (C=O) groups is 1. The Morgan fingerprint density at radius 1 is 1.43 bits per heavy atom. The van der Waals surface area contributed by atoms with Crippen LogP contribution < -0.4 is 0 Å². The highest BCUT2D eigenvalue weighted by molar-refractivity contribution is 6.31. The summed E-state index contributed by atoms with van der Waals surface area (Å²) < 4.78 is 25.0. The summed E-state index contributed by atoms with van der Waals surface area (Å²) in [6.45, 7) is 2.82. The SMILES string of the molecule is CC(=O)c1cc(Cl)cc(C(F)F)c1C. The Morgan fingerprint density at radius 2 is 2.00 bits per heavy atom. The van der Waals surface area contributed by atoms with Gasteiger partial charge in [-0.15, -0.1) is 0 Å².